The molecule has 0 heterocycles. The van der Waals surface area contributed by atoms with Crippen LogP contribution < -0.4 is 15.8 Å². The largest absolute Gasteiger partial charge is 0.497 e. The number of hydrogen-bond donors (Lipinski definition) is 2. The van der Waals surface area contributed by atoms with Crippen molar-refractivity contribution in [3.05, 3.63) is 58.6 Å². The Labute approximate surface area is 128 Å². The molecule has 21 heavy (non-hydrogen) atoms. The van der Waals surface area contributed by atoms with Gasteiger partial charge in [0.1, 0.15) is 5.75 Å². The molecule has 1 atom stereocenters. The number of halogens is 1. The first-order valence-corrected chi connectivity index (χ1v) is 6.89. The molecule has 2 aromatic rings. The van der Waals surface area contributed by atoms with E-state index in [9.17, 15) is 4.79 Å². The summed E-state index contributed by atoms with van der Waals surface area (Å²) in [6, 6.07) is 12.7. The number of carbonyl (C=O) groups is 1. The maximum Gasteiger partial charge on any atom is 0.248 e. The van der Waals surface area contributed by atoms with Gasteiger partial charge in [-0.05, 0) is 42.8 Å². The van der Waals surface area contributed by atoms with E-state index in [-0.39, 0.29) is 6.04 Å². The second kappa shape index (κ2) is 6.50. The first-order valence-electron chi connectivity index (χ1n) is 6.51. The zero-order valence-electron chi connectivity index (χ0n) is 11.9. The van der Waals surface area contributed by atoms with Crippen LogP contribution in [0.4, 0.5) is 5.69 Å². The molecule has 0 radical (unpaired) electrons. The molecule has 0 saturated carbocycles. The number of hydrogen-bond acceptors (Lipinski definition) is 3. The Morgan fingerprint density at radius 1 is 1.24 bits per heavy atom. The molecule has 2 aromatic carbocycles. The van der Waals surface area contributed by atoms with E-state index in [1.54, 1.807) is 25.3 Å². The quantitative estimate of drug-likeness (QED) is 0.886. The highest BCUT2D eigenvalue weighted by atomic mass is 35.5. The Balaban J connectivity index is 2.19. The number of primary amides is 1. The van der Waals surface area contributed by atoms with Crippen LogP contribution in [0.25, 0.3) is 0 Å². The lowest BCUT2D eigenvalue weighted by Gasteiger charge is -2.17. The number of nitrogens with one attached hydrogen (secondary N) is 1. The Morgan fingerprint density at radius 3 is 2.48 bits per heavy atom. The zero-order chi connectivity index (χ0) is 15.4. The summed E-state index contributed by atoms with van der Waals surface area (Å²) in [7, 11) is 1.63. The first kappa shape index (κ1) is 15.2. The minimum atomic E-state index is -0.480. The summed E-state index contributed by atoms with van der Waals surface area (Å²) in [5.74, 6) is 0.325. The summed E-state index contributed by atoms with van der Waals surface area (Å²) in [4.78, 5) is 11.2. The van der Waals surface area contributed by atoms with Gasteiger partial charge in [0.05, 0.1) is 17.8 Å². The fourth-order valence-corrected chi connectivity index (χ4v) is 2.17. The number of carbonyl (C=O) groups excluding carboxylic acids is 1. The smallest absolute Gasteiger partial charge is 0.248 e. The Kier molecular flexibility index (Phi) is 4.70. The lowest BCUT2D eigenvalue weighted by molar-refractivity contribution is 0.100. The predicted molar refractivity (Wildman–Crippen MR) is 85.0 cm³/mol. The summed E-state index contributed by atoms with van der Waals surface area (Å²) < 4.78 is 5.14. The summed E-state index contributed by atoms with van der Waals surface area (Å²) in [6.45, 7) is 2.01. The van der Waals surface area contributed by atoms with E-state index in [2.05, 4.69) is 5.32 Å². The Bertz CT molecular complexity index is 641. The highest BCUT2D eigenvalue weighted by Gasteiger charge is 2.10. The van der Waals surface area contributed by atoms with E-state index in [1.165, 1.54) is 0 Å². The number of nitrogens with two attached hydrogens (primary N) is 1. The average molecular weight is 305 g/mol. The monoisotopic (exact) mass is 304 g/mol. The third-order valence-electron chi connectivity index (χ3n) is 3.24. The topological polar surface area (TPSA) is 64.3 Å². The number of methoxy groups -OCH3 is 1. The fourth-order valence-electron chi connectivity index (χ4n) is 2.00. The molecule has 1 unspecified atom stereocenters. The van der Waals surface area contributed by atoms with E-state index < -0.39 is 5.91 Å². The summed E-state index contributed by atoms with van der Waals surface area (Å²) in [5, 5.41) is 3.82. The summed E-state index contributed by atoms with van der Waals surface area (Å²) >= 11 is 6.15. The minimum Gasteiger partial charge on any atom is -0.497 e. The number of anilines is 1. The molecule has 110 valence electrons. The van der Waals surface area contributed by atoms with Crippen LogP contribution in [-0.2, 0) is 0 Å². The molecular formula is C16H17ClN2O2. The molecule has 0 aliphatic heterocycles. The molecule has 0 aliphatic carbocycles. The molecule has 0 aliphatic rings. The van der Waals surface area contributed by atoms with Crippen molar-refractivity contribution >= 4 is 23.2 Å². The van der Waals surface area contributed by atoms with Gasteiger partial charge in [0, 0.05) is 11.6 Å². The van der Waals surface area contributed by atoms with Gasteiger partial charge in [0.25, 0.3) is 0 Å². The summed E-state index contributed by atoms with van der Waals surface area (Å²) in [5.41, 5.74) is 7.46. The van der Waals surface area contributed by atoms with Crippen molar-refractivity contribution in [2.45, 2.75) is 13.0 Å². The van der Waals surface area contributed by atoms with Crippen LogP contribution in [-0.4, -0.2) is 13.0 Å². The van der Waals surface area contributed by atoms with Crippen LogP contribution >= 0.6 is 11.6 Å². The molecule has 0 aromatic heterocycles. The van der Waals surface area contributed by atoms with E-state index in [0.29, 0.717) is 16.3 Å². The summed E-state index contributed by atoms with van der Waals surface area (Å²) in [6.07, 6.45) is 0. The van der Waals surface area contributed by atoms with Crippen LogP contribution in [0, 0.1) is 0 Å². The van der Waals surface area contributed by atoms with Gasteiger partial charge in [0.15, 0.2) is 0 Å². The standard InChI is InChI=1S/C16H17ClN2O2/c1-10(11-3-6-13(21-2)7-4-11)19-15-9-12(16(18)20)5-8-14(15)17/h3-10,19H,1-2H3,(H2,18,20). The SMILES string of the molecule is COc1ccc(C(C)Nc2cc(C(N)=O)ccc2Cl)cc1. The van der Waals surface area contributed by atoms with Crippen LogP contribution in [0.5, 0.6) is 5.75 Å². The van der Waals surface area contributed by atoms with Gasteiger partial charge >= 0.3 is 0 Å². The van der Waals surface area contributed by atoms with E-state index in [0.717, 1.165) is 11.3 Å². The third-order valence-corrected chi connectivity index (χ3v) is 3.57. The van der Waals surface area contributed by atoms with Crippen LogP contribution in [0.2, 0.25) is 5.02 Å². The van der Waals surface area contributed by atoms with E-state index in [1.807, 2.05) is 31.2 Å². The van der Waals surface area contributed by atoms with Crippen molar-refractivity contribution in [3.63, 3.8) is 0 Å². The third kappa shape index (κ3) is 3.67. The molecule has 0 saturated heterocycles. The second-order valence-electron chi connectivity index (χ2n) is 4.70. The average Bonchev–Trinajstić information content (AvgIpc) is 2.49. The Hall–Kier alpha value is -2.20. The van der Waals surface area contributed by atoms with E-state index >= 15 is 0 Å². The lowest BCUT2D eigenvalue weighted by atomic mass is 10.1. The number of benzene rings is 2. The predicted octanol–water partition coefficient (Wildman–Crippen LogP) is 3.62. The molecule has 0 spiro atoms. The number of ether oxygens (including phenoxy) is 1. The number of amides is 1. The van der Waals surface area contributed by atoms with Crippen molar-refractivity contribution in [1.82, 2.24) is 0 Å². The molecule has 0 fully saturated rings. The normalized spacial score (nSPS) is 11.8. The van der Waals surface area contributed by atoms with Crippen molar-refractivity contribution in [2.75, 3.05) is 12.4 Å². The molecule has 5 heteroatoms. The van der Waals surface area contributed by atoms with Crippen molar-refractivity contribution < 1.29 is 9.53 Å². The van der Waals surface area contributed by atoms with Crippen LogP contribution in [0.15, 0.2) is 42.5 Å². The van der Waals surface area contributed by atoms with Gasteiger partial charge < -0.3 is 15.8 Å². The molecular weight excluding hydrogens is 288 g/mol. The van der Waals surface area contributed by atoms with Crippen LogP contribution in [0.3, 0.4) is 0 Å². The van der Waals surface area contributed by atoms with Crippen molar-refractivity contribution in [1.29, 1.82) is 0 Å². The highest BCUT2D eigenvalue weighted by molar-refractivity contribution is 6.33. The first-order chi connectivity index (χ1) is 10.0. The molecule has 1 amide bonds. The van der Waals surface area contributed by atoms with Gasteiger partial charge in [-0.25, -0.2) is 0 Å². The maximum atomic E-state index is 11.2. The molecule has 3 N–H and O–H groups in total. The minimum absolute atomic E-state index is 0.0246. The van der Waals surface area contributed by atoms with Gasteiger partial charge in [0.2, 0.25) is 5.91 Å². The molecule has 0 bridgehead atoms. The lowest BCUT2D eigenvalue weighted by Crippen LogP contribution is -2.12. The van der Waals surface area contributed by atoms with Gasteiger partial charge in [-0.2, -0.15) is 0 Å². The van der Waals surface area contributed by atoms with E-state index in [4.69, 9.17) is 22.1 Å². The fraction of sp³-hybridized carbons (Fsp3) is 0.188. The highest BCUT2D eigenvalue weighted by Crippen LogP contribution is 2.28. The molecule has 2 rings (SSSR count). The van der Waals surface area contributed by atoms with Gasteiger partial charge in [-0.3, -0.25) is 4.79 Å². The Morgan fingerprint density at radius 2 is 1.90 bits per heavy atom. The van der Waals surface area contributed by atoms with Crippen LogP contribution in [0.1, 0.15) is 28.9 Å². The zero-order valence-corrected chi connectivity index (χ0v) is 12.6. The van der Waals surface area contributed by atoms with Gasteiger partial charge in [-0.1, -0.05) is 23.7 Å². The van der Waals surface area contributed by atoms with Crippen molar-refractivity contribution in [2.24, 2.45) is 5.73 Å². The van der Waals surface area contributed by atoms with Gasteiger partial charge in [-0.15, -0.1) is 0 Å². The second-order valence-corrected chi connectivity index (χ2v) is 5.11. The van der Waals surface area contributed by atoms with Crippen molar-refractivity contribution in [3.8, 4) is 5.75 Å². The molecule has 4 nitrogen and oxygen atoms in total. The number of rotatable bonds is 5. The maximum absolute atomic E-state index is 11.2.